The summed E-state index contributed by atoms with van der Waals surface area (Å²) in [5, 5.41) is 13.7. The van der Waals surface area contributed by atoms with Crippen LogP contribution in [0.5, 0.6) is 0 Å². The molecule has 2 unspecified atom stereocenters. The van der Waals surface area contributed by atoms with Gasteiger partial charge < -0.3 is 15.7 Å². The van der Waals surface area contributed by atoms with Crippen LogP contribution >= 0.6 is 0 Å². The Bertz CT molecular complexity index is 355. The van der Waals surface area contributed by atoms with E-state index in [0.29, 0.717) is 13.0 Å². The molecule has 6 nitrogen and oxygen atoms in total. The zero-order valence-electron chi connectivity index (χ0n) is 12.1. The molecule has 0 rings (SSSR count). The first-order chi connectivity index (χ1) is 9.47. The Balaban J connectivity index is 4.43. The Morgan fingerprint density at radius 1 is 1.25 bits per heavy atom. The van der Waals surface area contributed by atoms with Gasteiger partial charge in [-0.3, -0.25) is 14.4 Å². The highest BCUT2D eigenvalue weighted by atomic mass is 16.3. The lowest BCUT2D eigenvalue weighted by Gasteiger charge is -2.16. The van der Waals surface area contributed by atoms with Gasteiger partial charge in [0.15, 0.2) is 0 Å². The van der Waals surface area contributed by atoms with Crippen molar-refractivity contribution in [3.63, 3.8) is 0 Å². The molecule has 0 aromatic rings. The number of carbonyl (C=O) groups is 3. The molecule has 0 heterocycles. The number of hydrogen-bond acceptors (Lipinski definition) is 4. The maximum absolute atomic E-state index is 12.0. The number of amides is 2. The Hall–Kier alpha value is -1.69. The van der Waals surface area contributed by atoms with E-state index in [1.165, 1.54) is 0 Å². The number of aliphatic hydroxyl groups is 1. The maximum atomic E-state index is 12.0. The van der Waals surface area contributed by atoms with Gasteiger partial charge in [0.05, 0.1) is 12.5 Å². The van der Waals surface area contributed by atoms with E-state index < -0.39 is 17.7 Å². The van der Waals surface area contributed by atoms with Gasteiger partial charge in [0.25, 0.3) is 0 Å². The minimum atomic E-state index is -0.767. The van der Waals surface area contributed by atoms with E-state index in [4.69, 9.17) is 5.11 Å². The van der Waals surface area contributed by atoms with Gasteiger partial charge in [-0.1, -0.05) is 19.9 Å². The van der Waals surface area contributed by atoms with E-state index in [9.17, 15) is 14.4 Å². The molecule has 0 aliphatic carbocycles. The second kappa shape index (κ2) is 10.1. The molecule has 0 radical (unpaired) electrons. The molecule has 0 saturated heterocycles. The van der Waals surface area contributed by atoms with Crippen molar-refractivity contribution in [2.75, 3.05) is 19.7 Å². The number of hydrogen-bond donors (Lipinski definition) is 3. The van der Waals surface area contributed by atoms with Crippen LogP contribution in [-0.2, 0) is 14.4 Å². The number of nitrogens with one attached hydrogen (secondary N) is 2. The molecule has 0 aliphatic rings. The van der Waals surface area contributed by atoms with E-state index in [0.717, 1.165) is 0 Å². The van der Waals surface area contributed by atoms with Gasteiger partial charge in [0, 0.05) is 25.4 Å². The molecule has 2 atom stereocenters. The zero-order chi connectivity index (χ0) is 15.5. The lowest BCUT2D eigenvalue weighted by molar-refractivity contribution is -0.137. The van der Waals surface area contributed by atoms with Gasteiger partial charge in [-0.2, -0.15) is 0 Å². The van der Waals surface area contributed by atoms with Crippen LogP contribution in [-0.4, -0.2) is 42.4 Å². The first kappa shape index (κ1) is 18.3. The molecular formula is C14H24N2O4. The van der Waals surface area contributed by atoms with Crippen LogP contribution in [0.3, 0.4) is 0 Å². The minimum Gasteiger partial charge on any atom is -0.395 e. The van der Waals surface area contributed by atoms with Crippen LogP contribution in [0.4, 0.5) is 0 Å². The predicted molar refractivity (Wildman–Crippen MR) is 75.9 cm³/mol. The summed E-state index contributed by atoms with van der Waals surface area (Å²) in [7, 11) is 0. The normalized spacial score (nSPS) is 13.2. The van der Waals surface area contributed by atoms with E-state index >= 15 is 0 Å². The van der Waals surface area contributed by atoms with Crippen molar-refractivity contribution in [3.05, 3.63) is 12.7 Å². The van der Waals surface area contributed by atoms with Crippen molar-refractivity contribution >= 4 is 17.6 Å². The molecule has 6 heteroatoms. The Labute approximate surface area is 119 Å². The minimum absolute atomic E-state index is 0.0219. The molecule has 0 fully saturated rings. The van der Waals surface area contributed by atoms with Crippen molar-refractivity contribution in [2.45, 2.75) is 26.7 Å². The van der Waals surface area contributed by atoms with Crippen molar-refractivity contribution in [2.24, 2.45) is 11.8 Å². The average molecular weight is 284 g/mol. The van der Waals surface area contributed by atoms with Crippen molar-refractivity contribution < 1.29 is 19.5 Å². The van der Waals surface area contributed by atoms with E-state index in [2.05, 4.69) is 17.2 Å². The summed E-state index contributed by atoms with van der Waals surface area (Å²) in [6.45, 7) is 7.18. The van der Waals surface area contributed by atoms with E-state index in [1.54, 1.807) is 19.9 Å². The molecule has 3 N–H and O–H groups in total. The number of aliphatic hydroxyl groups excluding tert-OH is 1. The van der Waals surface area contributed by atoms with Crippen molar-refractivity contribution in [1.29, 1.82) is 0 Å². The van der Waals surface area contributed by atoms with Crippen LogP contribution in [0.25, 0.3) is 0 Å². The second-order valence-corrected chi connectivity index (χ2v) is 4.58. The molecular weight excluding hydrogens is 260 g/mol. The lowest BCUT2D eigenvalue weighted by Crippen LogP contribution is -2.38. The first-order valence-corrected chi connectivity index (χ1v) is 6.77. The van der Waals surface area contributed by atoms with Crippen LogP contribution < -0.4 is 10.6 Å². The summed E-state index contributed by atoms with van der Waals surface area (Å²) in [5.41, 5.74) is 0. The molecule has 2 amide bonds. The number of ketones is 1. The van der Waals surface area contributed by atoms with E-state index in [-0.39, 0.29) is 31.3 Å². The SMILES string of the molecule is C=CCNC(=O)C(C)CC(=O)C(CC)C(=O)NCCO. The smallest absolute Gasteiger partial charge is 0.230 e. The topological polar surface area (TPSA) is 95.5 Å². The fraction of sp³-hybridized carbons (Fsp3) is 0.643. The maximum Gasteiger partial charge on any atom is 0.230 e. The molecule has 0 aliphatic heterocycles. The molecule has 0 saturated carbocycles. The van der Waals surface area contributed by atoms with E-state index in [1.807, 2.05) is 0 Å². The summed E-state index contributed by atoms with van der Waals surface area (Å²) in [6.07, 6.45) is 1.95. The fourth-order valence-corrected chi connectivity index (χ4v) is 1.75. The number of rotatable bonds is 10. The van der Waals surface area contributed by atoms with Gasteiger partial charge >= 0.3 is 0 Å². The summed E-state index contributed by atoms with van der Waals surface area (Å²) in [6, 6.07) is 0. The van der Waals surface area contributed by atoms with Crippen molar-refractivity contribution in [3.8, 4) is 0 Å². The monoisotopic (exact) mass is 284 g/mol. The van der Waals surface area contributed by atoms with Crippen LogP contribution in [0.15, 0.2) is 12.7 Å². The Morgan fingerprint density at radius 3 is 2.40 bits per heavy atom. The quantitative estimate of drug-likeness (QED) is 0.389. The summed E-state index contributed by atoms with van der Waals surface area (Å²) in [4.78, 5) is 35.4. The van der Waals surface area contributed by atoms with Crippen LogP contribution in [0, 0.1) is 11.8 Å². The zero-order valence-corrected chi connectivity index (χ0v) is 12.1. The van der Waals surface area contributed by atoms with Gasteiger partial charge in [-0.15, -0.1) is 6.58 Å². The molecule has 0 bridgehead atoms. The standard InChI is InChI=1S/C14H24N2O4/c1-4-6-15-13(19)10(3)9-12(18)11(5-2)14(20)16-7-8-17/h4,10-11,17H,1,5-9H2,2-3H3,(H,15,19)(H,16,20). The predicted octanol–water partition coefficient (Wildman–Crippen LogP) is 0.0186. The van der Waals surface area contributed by atoms with Gasteiger partial charge in [-0.25, -0.2) is 0 Å². The van der Waals surface area contributed by atoms with Crippen LogP contribution in [0.1, 0.15) is 26.7 Å². The third-order valence-electron chi connectivity index (χ3n) is 2.90. The highest BCUT2D eigenvalue weighted by Crippen LogP contribution is 2.12. The Morgan fingerprint density at radius 2 is 1.90 bits per heavy atom. The largest absolute Gasteiger partial charge is 0.395 e. The van der Waals surface area contributed by atoms with Gasteiger partial charge in [-0.05, 0) is 6.42 Å². The summed E-state index contributed by atoms with van der Waals surface area (Å²) >= 11 is 0. The molecule has 0 aromatic heterocycles. The highest BCUT2D eigenvalue weighted by Gasteiger charge is 2.27. The Kier molecular flexibility index (Phi) is 9.28. The van der Waals surface area contributed by atoms with Gasteiger partial charge in [0.1, 0.15) is 5.78 Å². The molecule has 20 heavy (non-hydrogen) atoms. The molecule has 114 valence electrons. The lowest BCUT2D eigenvalue weighted by atomic mass is 9.92. The highest BCUT2D eigenvalue weighted by molar-refractivity contribution is 6.02. The summed E-state index contributed by atoms with van der Waals surface area (Å²) in [5.74, 6) is -2.14. The van der Waals surface area contributed by atoms with Crippen molar-refractivity contribution in [1.82, 2.24) is 10.6 Å². The molecule has 0 aromatic carbocycles. The average Bonchev–Trinajstić information content (AvgIpc) is 2.42. The first-order valence-electron chi connectivity index (χ1n) is 6.77. The fourth-order valence-electron chi connectivity index (χ4n) is 1.75. The second-order valence-electron chi connectivity index (χ2n) is 4.58. The van der Waals surface area contributed by atoms with Gasteiger partial charge in [0.2, 0.25) is 11.8 Å². The number of carbonyl (C=O) groups excluding carboxylic acids is 3. The molecule has 0 spiro atoms. The number of Topliss-reactive ketones (excluding diaryl/α,β-unsaturated/α-hetero) is 1. The third kappa shape index (κ3) is 6.47. The summed E-state index contributed by atoms with van der Waals surface area (Å²) < 4.78 is 0. The van der Waals surface area contributed by atoms with Crippen LogP contribution in [0.2, 0.25) is 0 Å². The third-order valence-corrected chi connectivity index (χ3v) is 2.90.